The molecule has 0 spiro atoms. The average Bonchev–Trinajstić information content (AvgIpc) is 3.27. The van der Waals surface area contributed by atoms with Gasteiger partial charge in [0.2, 0.25) is 12.7 Å². The van der Waals surface area contributed by atoms with Crippen molar-refractivity contribution >= 4 is 11.8 Å². The Morgan fingerprint density at radius 3 is 2.62 bits per heavy atom. The third-order valence-corrected chi connectivity index (χ3v) is 5.56. The fourth-order valence-corrected chi connectivity index (χ4v) is 3.82. The van der Waals surface area contributed by atoms with Gasteiger partial charge < -0.3 is 30.0 Å². The summed E-state index contributed by atoms with van der Waals surface area (Å²) in [6.45, 7) is 0.144. The molecule has 8 nitrogen and oxygen atoms in total. The maximum absolute atomic E-state index is 13.0. The van der Waals surface area contributed by atoms with Crippen LogP contribution in [0.25, 0.3) is 0 Å². The first-order valence-electron chi connectivity index (χ1n) is 10.5. The lowest BCUT2D eigenvalue weighted by Crippen LogP contribution is -2.51. The zero-order valence-electron chi connectivity index (χ0n) is 17.4. The van der Waals surface area contributed by atoms with Crippen molar-refractivity contribution in [2.45, 2.75) is 44.1 Å². The van der Waals surface area contributed by atoms with E-state index in [1.165, 1.54) is 12.1 Å². The van der Waals surface area contributed by atoms with Gasteiger partial charge in [0.15, 0.2) is 11.5 Å². The number of rotatable bonds is 7. The summed E-state index contributed by atoms with van der Waals surface area (Å²) < 4.78 is 29.4. The maximum Gasteiger partial charge on any atom is 0.251 e. The van der Waals surface area contributed by atoms with Gasteiger partial charge in [0.05, 0.1) is 25.2 Å². The summed E-state index contributed by atoms with van der Waals surface area (Å²) in [6, 6.07) is 10.5. The van der Waals surface area contributed by atoms with Crippen LogP contribution in [0.15, 0.2) is 42.5 Å². The van der Waals surface area contributed by atoms with Crippen molar-refractivity contribution in [3.8, 4) is 11.5 Å². The Labute approximate surface area is 184 Å². The van der Waals surface area contributed by atoms with Crippen LogP contribution in [0.1, 0.15) is 35.2 Å². The van der Waals surface area contributed by atoms with Crippen LogP contribution in [0.4, 0.5) is 4.39 Å². The number of aliphatic hydroxyl groups excluding tert-OH is 1. The fraction of sp³-hybridized carbons (Fsp3) is 0.391. The van der Waals surface area contributed by atoms with Crippen molar-refractivity contribution in [3.05, 3.63) is 59.4 Å². The normalized spacial score (nSPS) is 21.8. The van der Waals surface area contributed by atoms with E-state index < -0.39 is 6.10 Å². The second-order valence-corrected chi connectivity index (χ2v) is 7.81. The van der Waals surface area contributed by atoms with Crippen LogP contribution in [0.5, 0.6) is 11.5 Å². The number of carbonyl (C=O) groups is 2. The lowest BCUT2D eigenvalue weighted by Gasteiger charge is -2.36. The second-order valence-electron chi connectivity index (χ2n) is 7.81. The van der Waals surface area contributed by atoms with Gasteiger partial charge in [-0.3, -0.25) is 9.59 Å². The summed E-state index contributed by atoms with van der Waals surface area (Å²) in [5.74, 6) is 0.287. The number of fused-ring (bicyclic) bond motifs is 1. The predicted molar refractivity (Wildman–Crippen MR) is 112 cm³/mol. The first-order chi connectivity index (χ1) is 15.5. The zero-order valence-corrected chi connectivity index (χ0v) is 17.4. The molecule has 0 unspecified atom stereocenters. The quantitative estimate of drug-likeness (QED) is 0.602. The molecule has 3 N–H and O–H groups in total. The molecule has 0 saturated carbocycles. The van der Waals surface area contributed by atoms with E-state index in [-0.39, 0.29) is 49.6 Å². The van der Waals surface area contributed by atoms with Gasteiger partial charge in [-0.1, -0.05) is 12.1 Å². The van der Waals surface area contributed by atoms with E-state index in [2.05, 4.69) is 10.6 Å². The number of halogens is 1. The first-order valence-corrected chi connectivity index (χ1v) is 10.5. The van der Waals surface area contributed by atoms with E-state index in [9.17, 15) is 19.1 Å². The number of hydrogen-bond acceptors (Lipinski definition) is 6. The molecule has 2 heterocycles. The van der Waals surface area contributed by atoms with Crippen molar-refractivity contribution < 1.29 is 33.3 Å². The van der Waals surface area contributed by atoms with E-state index >= 15 is 0 Å². The van der Waals surface area contributed by atoms with E-state index in [0.717, 1.165) is 5.56 Å². The molecular weight excluding hydrogens is 419 g/mol. The summed E-state index contributed by atoms with van der Waals surface area (Å²) in [5, 5.41) is 15.4. The molecule has 9 heteroatoms. The number of carbonyl (C=O) groups excluding carboxylic acids is 2. The van der Waals surface area contributed by atoms with Gasteiger partial charge in [0.1, 0.15) is 11.9 Å². The van der Waals surface area contributed by atoms with Crippen molar-refractivity contribution in [1.82, 2.24) is 10.6 Å². The smallest absolute Gasteiger partial charge is 0.251 e. The SMILES string of the molecule is O=C(C[C@H]1CC[C@H](NC(=O)c2ccc3c(c2)OCO3)[C@H](CO)O1)NCc1ccc(F)cc1. The number of benzene rings is 2. The van der Waals surface area contributed by atoms with Gasteiger partial charge in [-0.15, -0.1) is 0 Å². The van der Waals surface area contributed by atoms with Crippen LogP contribution in [0, 0.1) is 5.82 Å². The molecule has 0 radical (unpaired) electrons. The zero-order chi connectivity index (χ0) is 22.5. The average molecular weight is 444 g/mol. The minimum absolute atomic E-state index is 0.127. The molecule has 170 valence electrons. The van der Waals surface area contributed by atoms with Crippen molar-refractivity contribution in [2.24, 2.45) is 0 Å². The van der Waals surface area contributed by atoms with Crippen LogP contribution < -0.4 is 20.1 Å². The number of amides is 2. The molecule has 2 aliphatic heterocycles. The van der Waals surface area contributed by atoms with Crippen molar-refractivity contribution in [3.63, 3.8) is 0 Å². The van der Waals surface area contributed by atoms with E-state index in [1.54, 1.807) is 30.3 Å². The topological polar surface area (TPSA) is 106 Å². The van der Waals surface area contributed by atoms with E-state index in [1.807, 2.05) is 0 Å². The van der Waals surface area contributed by atoms with Gasteiger partial charge in [0.25, 0.3) is 5.91 Å². The first kappa shape index (κ1) is 22.0. The summed E-state index contributed by atoms with van der Waals surface area (Å²) in [7, 11) is 0. The molecule has 3 atom stereocenters. The molecular formula is C23H25FN2O6. The van der Waals surface area contributed by atoms with Gasteiger partial charge in [0, 0.05) is 12.1 Å². The third kappa shape index (κ3) is 5.35. The summed E-state index contributed by atoms with van der Waals surface area (Å²) >= 11 is 0. The summed E-state index contributed by atoms with van der Waals surface area (Å²) in [6.07, 6.45) is 0.292. The van der Waals surface area contributed by atoms with Crippen molar-refractivity contribution in [1.29, 1.82) is 0 Å². The molecule has 0 bridgehead atoms. The second kappa shape index (κ2) is 9.97. The Kier molecular flexibility index (Phi) is 6.87. The van der Waals surface area contributed by atoms with E-state index in [4.69, 9.17) is 14.2 Å². The van der Waals surface area contributed by atoms with Gasteiger partial charge in [-0.2, -0.15) is 0 Å². The van der Waals surface area contributed by atoms with Crippen LogP contribution in [0.2, 0.25) is 0 Å². The Hall–Kier alpha value is -3.17. The minimum atomic E-state index is -0.614. The lowest BCUT2D eigenvalue weighted by molar-refractivity contribution is -0.131. The summed E-state index contributed by atoms with van der Waals surface area (Å²) in [4.78, 5) is 24.9. The molecule has 2 aliphatic rings. The van der Waals surface area contributed by atoms with Gasteiger partial charge >= 0.3 is 0 Å². The Morgan fingerprint density at radius 2 is 1.84 bits per heavy atom. The van der Waals surface area contributed by atoms with Crippen molar-refractivity contribution in [2.75, 3.05) is 13.4 Å². The fourth-order valence-electron chi connectivity index (χ4n) is 3.82. The molecule has 2 aromatic rings. The molecule has 2 aromatic carbocycles. The van der Waals surface area contributed by atoms with Crippen LogP contribution in [0.3, 0.4) is 0 Å². The number of hydrogen-bond donors (Lipinski definition) is 3. The standard InChI is InChI=1S/C23H25FN2O6/c24-16-4-1-14(2-5-16)11-25-22(28)10-17-6-7-18(21(12-27)32-17)26-23(29)15-3-8-19-20(9-15)31-13-30-19/h1-5,8-9,17-18,21,27H,6-7,10-13H2,(H,25,28)(H,26,29)/t17-,18+,21+/m1/s1. The largest absolute Gasteiger partial charge is 0.454 e. The monoisotopic (exact) mass is 444 g/mol. The highest BCUT2D eigenvalue weighted by atomic mass is 19.1. The maximum atomic E-state index is 13.0. The molecule has 1 fully saturated rings. The van der Waals surface area contributed by atoms with Crippen LogP contribution >= 0.6 is 0 Å². The van der Waals surface area contributed by atoms with E-state index in [0.29, 0.717) is 36.4 Å². The minimum Gasteiger partial charge on any atom is -0.454 e. The Bertz CT molecular complexity index is 967. The highest BCUT2D eigenvalue weighted by molar-refractivity contribution is 5.95. The van der Waals surface area contributed by atoms with Crippen LogP contribution in [-0.2, 0) is 16.1 Å². The Morgan fingerprint density at radius 1 is 1.06 bits per heavy atom. The van der Waals surface area contributed by atoms with Crippen LogP contribution in [-0.4, -0.2) is 48.6 Å². The van der Waals surface area contributed by atoms with Gasteiger partial charge in [-0.25, -0.2) is 4.39 Å². The number of nitrogens with one attached hydrogen (secondary N) is 2. The highest BCUT2D eigenvalue weighted by Crippen LogP contribution is 2.32. The molecule has 1 saturated heterocycles. The molecule has 4 rings (SSSR count). The van der Waals surface area contributed by atoms with Gasteiger partial charge in [-0.05, 0) is 48.7 Å². The number of aliphatic hydroxyl groups is 1. The number of ether oxygens (including phenoxy) is 3. The Balaban J connectivity index is 1.26. The molecule has 0 aliphatic carbocycles. The lowest BCUT2D eigenvalue weighted by atomic mass is 9.96. The highest BCUT2D eigenvalue weighted by Gasteiger charge is 2.33. The molecule has 0 aromatic heterocycles. The predicted octanol–water partition coefficient (Wildman–Crippen LogP) is 1.90. The molecule has 2 amide bonds. The third-order valence-electron chi connectivity index (χ3n) is 5.56. The molecule has 32 heavy (non-hydrogen) atoms. The summed E-state index contributed by atoms with van der Waals surface area (Å²) in [5.41, 5.74) is 1.22.